The highest BCUT2D eigenvalue weighted by Crippen LogP contribution is 2.19. The van der Waals surface area contributed by atoms with E-state index in [2.05, 4.69) is 10.0 Å². The third-order valence-corrected chi connectivity index (χ3v) is 6.08. The molecule has 162 valence electrons. The Morgan fingerprint density at radius 1 is 1.00 bits per heavy atom. The molecule has 1 amide bonds. The molecule has 0 spiro atoms. The number of carbonyl (C=O) groups is 1. The highest BCUT2D eigenvalue weighted by Gasteiger charge is 2.16. The van der Waals surface area contributed by atoms with Gasteiger partial charge in [-0.15, -0.1) is 0 Å². The summed E-state index contributed by atoms with van der Waals surface area (Å²) in [6.07, 6.45) is 0.671. The van der Waals surface area contributed by atoms with E-state index in [0.29, 0.717) is 24.2 Å². The van der Waals surface area contributed by atoms with Crippen molar-refractivity contribution in [1.82, 2.24) is 5.32 Å². The van der Waals surface area contributed by atoms with Crippen molar-refractivity contribution in [1.29, 1.82) is 0 Å². The van der Waals surface area contributed by atoms with Gasteiger partial charge in [-0.05, 0) is 79.1 Å². The third-order valence-electron chi connectivity index (χ3n) is 4.70. The second kappa shape index (κ2) is 9.61. The van der Waals surface area contributed by atoms with Gasteiger partial charge in [0.15, 0.2) is 0 Å². The first-order chi connectivity index (χ1) is 14.8. The lowest BCUT2D eigenvalue weighted by Crippen LogP contribution is -2.25. The lowest BCUT2D eigenvalue weighted by Gasteiger charge is -2.10. The first-order valence-electron chi connectivity index (χ1n) is 9.58. The predicted molar refractivity (Wildman–Crippen MR) is 117 cm³/mol. The molecule has 0 unspecified atom stereocenters. The van der Waals surface area contributed by atoms with Crippen LogP contribution in [0.15, 0.2) is 71.6 Å². The average Bonchev–Trinajstić information content (AvgIpc) is 2.76. The number of hydrogen-bond donors (Lipinski definition) is 2. The van der Waals surface area contributed by atoms with Gasteiger partial charge in [0.2, 0.25) is 0 Å². The van der Waals surface area contributed by atoms with Crippen LogP contribution in [0.1, 0.15) is 21.5 Å². The maximum Gasteiger partial charge on any atom is 0.261 e. The number of sulfonamides is 1. The predicted octanol–water partition coefficient (Wildman–Crippen LogP) is 3.92. The number of halogens is 1. The Morgan fingerprint density at radius 2 is 1.68 bits per heavy atom. The summed E-state index contributed by atoms with van der Waals surface area (Å²) in [6.45, 7) is 1.96. The Kier molecular flexibility index (Phi) is 6.91. The van der Waals surface area contributed by atoms with Crippen LogP contribution < -0.4 is 14.8 Å². The molecule has 2 N–H and O–H groups in total. The molecule has 3 aromatic carbocycles. The number of amides is 1. The van der Waals surface area contributed by atoms with Crippen LogP contribution >= 0.6 is 0 Å². The largest absolute Gasteiger partial charge is 0.497 e. The number of ether oxygens (including phenoxy) is 1. The molecule has 3 aromatic rings. The topological polar surface area (TPSA) is 84.5 Å². The minimum Gasteiger partial charge on any atom is -0.497 e. The maximum absolute atomic E-state index is 13.4. The van der Waals surface area contributed by atoms with Gasteiger partial charge < -0.3 is 10.1 Å². The van der Waals surface area contributed by atoms with Crippen molar-refractivity contribution in [2.75, 3.05) is 18.4 Å². The summed E-state index contributed by atoms with van der Waals surface area (Å²) in [5, 5.41) is 2.84. The van der Waals surface area contributed by atoms with E-state index in [9.17, 15) is 17.6 Å². The standard InChI is InChI=1S/C23H23FN2O4S/c1-16-15-21(11-12-22(16)24)31(28,29)26-19-7-5-18(6-8-19)23(27)25-14-13-17-3-9-20(30-2)10-4-17/h3-12,15,26H,13-14H2,1-2H3,(H,25,27). The summed E-state index contributed by atoms with van der Waals surface area (Å²) in [4.78, 5) is 12.3. The van der Waals surface area contributed by atoms with Crippen LogP contribution in [0.4, 0.5) is 10.1 Å². The van der Waals surface area contributed by atoms with Gasteiger partial charge in [0.05, 0.1) is 12.0 Å². The van der Waals surface area contributed by atoms with E-state index in [-0.39, 0.29) is 16.4 Å². The summed E-state index contributed by atoms with van der Waals surface area (Å²) in [6, 6.07) is 17.3. The zero-order valence-electron chi connectivity index (χ0n) is 17.2. The van der Waals surface area contributed by atoms with Crippen molar-refractivity contribution >= 4 is 21.6 Å². The van der Waals surface area contributed by atoms with Crippen molar-refractivity contribution in [2.45, 2.75) is 18.2 Å². The molecule has 0 atom stereocenters. The fourth-order valence-electron chi connectivity index (χ4n) is 2.90. The smallest absolute Gasteiger partial charge is 0.261 e. The van der Waals surface area contributed by atoms with Gasteiger partial charge in [0.25, 0.3) is 15.9 Å². The van der Waals surface area contributed by atoms with Crippen LogP contribution in [0.3, 0.4) is 0 Å². The molecule has 0 aromatic heterocycles. The number of nitrogens with one attached hydrogen (secondary N) is 2. The highest BCUT2D eigenvalue weighted by atomic mass is 32.2. The number of rotatable bonds is 8. The molecular formula is C23H23FN2O4S. The Morgan fingerprint density at radius 3 is 2.29 bits per heavy atom. The van der Waals surface area contributed by atoms with E-state index in [1.165, 1.54) is 43.3 Å². The van der Waals surface area contributed by atoms with Crippen molar-refractivity contribution < 1.29 is 22.3 Å². The molecule has 8 heteroatoms. The lowest BCUT2D eigenvalue weighted by atomic mass is 10.1. The molecule has 0 aliphatic heterocycles. The zero-order valence-corrected chi connectivity index (χ0v) is 18.0. The Labute approximate surface area is 181 Å². The summed E-state index contributed by atoms with van der Waals surface area (Å²) < 4.78 is 45.9. The van der Waals surface area contributed by atoms with Crippen molar-refractivity contribution in [2.24, 2.45) is 0 Å². The molecule has 0 fully saturated rings. The average molecular weight is 443 g/mol. The molecule has 0 aliphatic carbocycles. The van der Waals surface area contributed by atoms with E-state index in [1.54, 1.807) is 7.11 Å². The van der Waals surface area contributed by atoms with Gasteiger partial charge in [-0.1, -0.05) is 12.1 Å². The van der Waals surface area contributed by atoms with Crippen molar-refractivity contribution in [3.8, 4) is 5.75 Å². The maximum atomic E-state index is 13.4. The van der Waals surface area contributed by atoms with Crippen LogP contribution in [-0.4, -0.2) is 28.0 Å². The fraction of sp³-hybridized carbons (Fsp3) is 0.174. The van der Waals surface area contributed by atoms with Crippen LogP contribution in [0, 0.1) is 12.7 Å². The first-order valence-corrected chi connectivity index (χ1v) is 11.1. The van der Waals surface area contributed by atoms with Crippen molar-refractivity contribution in [3.63, 3.8) is 0 Å². The number of carbonyl (C=O) groups excluding carboxylic acids is 1. The Hall–Kier alpha value is -3.39. The third kappa shape index (κ3) is 5.82. The quantitative estimate of drug-likeness (QED) is 0.554. The van der Waals surface area contributed by atoms with Crippen LogP contribution in [0.2, 0.25) is 0 Å². The van der Waals surface area contributed by atoms with E-state index < -0.39 is 15.8 Å². The van der Waals surface area contributed by atoms with Crippen LogP contribution in [-0.2, 0) is 16.4 Å². The number of aryl methyl sites for hydroxylation is 1. The molecule has 0 radical (unpaired) electrons. The summed E-state index contributed by atoms with van der Waals surface area (Å²) in [5.74, 6) is 0.0523. The van der Waals surface area contributed by atoms with Crippen LogP contribution in [0.5, 0.6) is 5.75 Å². The zero-order chi connectivity index (χ0) is 22.4. The molecular weight excluding hydrogens is 419 g/mol. The molecule has 6 nitrogen and oxygen atoms in total. The summed E-state index contributed by atoms with van der Waals surface area (Å²) >= 11 is 0. The number of methoxy groups -OCH3 is 1. The van der Waals surface area contributed by atoms with Gasteiger partial charge in [0.1, 0.15) is 11.6 Å². The second-order valence-corrected chi connectivity index (χ2v) is 8.63. The van der Waals surface area contributed by atoms with E-state index in [4.69, 9.17) is 4.74 Å². The van der Waals surface area contributed by atoms with Crippen molar-refractivity contribution in [3.05, 3.63) is 89.2 Å². The Balaban J connectivity index is 1.57. The minimum absolute atomic E-state index is 0.0354. The van der Waals surface area contributed by atoms with Gasteiger partial charge >= 0.3 is 0 Å². The monoisotopic (exact) mass is 442 g/mol. The summed E-state index contributed by atoms with van der Waals surface area (Å²) in [5.41, 5.74) is 2.03. The van der Waals surface area contributed by atoms with E-state index in [1.807, 2.05) is 24.3 Å². The minimum atomic E-state index is -3.86. The summed E-state index contributed by atoms with van der Waals surface area (Å²) in [7, 11) is -2.26. The first kappa shape index (κ1) is 22.3. The number of benzene rings is 3. The SMILES string of the molecule is COc1ccc(CCNC(=O)c2ccc(NS(=O)(=O)c3ccc(F)c(C)c3)cc2)cc1. The van der Waals surface area contributed by atoms with Gasteiger partial charge in [0, 0.05) is 17.8 Å². The molecule has 3 rings (SSSR count). The van der Waals surface area contributed by atoms with Crippen LogP contribution in [0.25, 0.3) is 0 Å². The van der Waals surface area contributed by atoms with Gasteiger partial charge in [-0.25, -0.2) is 12.8 Å². The number of anilines is 1. The molecule has 0 bridgehead atoms. The molecule has 0 heterocycles. The van der Waals surface area contributed by atoms with Gasteiger partial charge in [-0.2, -0.15) is 0 Å². The van der Waals surface area contributed by atoms with E-state index in [0.717, 1.165) is 17.4 Å². The molecule has 0 saturated heterocycles. The lowest BCUT2D eigenvalue weighted by molar-refractivity contribution is 0.0954. The molecule has 31 heavy (non-hydrogen) atoms. The normalized spacial score (nSPS) is 11.1. The Bertz CT molecular complexity index is 1160. The molecule has 0 saturated carbocycles. The molecule has 0 aliphatic rings. The number of hydrogen-bond acceptors (Lipinski definition) is 4. The fourth-order valence-corrected chi connectivity index (χ4v) is 4.05. The highest BCUT2D eigenvalue weighted by molar-refractivity contribution is 7.92. The van der Waals surface area contributed by atoms with E-state index >= 15 is 0 Å². The van der Waals surface area contributed by atoms with Gasteiger partial charge in [-0.3, -0.25) is 9.52 Å². The second-order valence-electron chi connectivity index (χ2n) is 6.95.